The van der Waals surface area contributed by atoms with Crippen molar-refractivity contribution in [1.29, 1.82) is 0 Å². The third kappa shape index (κ3) is 5.00. The average Bonchev–Trinajstić information content (AvgIpc) is 2.57. The molecule has 0 aliphatic heterocycles. The van der Waals surface area contributed by atoms with Gasteiger partial charge in [0.1, 0.15) is 6.04 Å². The van der Waals surface area contributed by atoms with E-state index in [-0.39, 0.29) is 11.1 Å². The van der Waals surface area contributed by atoms with Crippen LogP contribution in [0.2, 0.25) is 0 Å². The summed E-state index contributed by atoms with van der Waals surface area (Å²) < 4.78 is 36.1. The first-order valence-electron chi connectivity index (χ1n) is 7.10. The maximum absolute atomic E-state index is 12.5. The summed E-state index contributed by atoms with van der Waals surface area (Å²) in [5.74, 6) is -3.60. The molecule has 0 spiro atoms. The lowest BCUT2D eigenvalue weighted by atomic mass is 10.1. The van der Waals surface area contributed by atoms with Crippen molar-refractivity contribution >= 4 is 27.9 Å². The van der Waals surface area contributed by atoms with E-state index < -0.39 is 44.8 Å². The van der Waals surface area contributed by atoms with Gasteiger partial charge in [0.05, 0.1) is 30.2 Å². The smallest absolute Gasteiger partial charge is 0.337 e. The summed E-state index contributed by atoms with van der Waals surface area (Å²) >= 11 is 0. The zero-order chi connectivity index (χ0) is 19.4. The summed E-state index contributed by atoms with van der Waals surface area (Å²) in [4.78, 5) is 34.2. The van der Waals surface area contributed by atoms with Crippen LogP contribution in [0.4, 0.5) is 0 Å². The zero-order valence-electron chi connectivity index (χ0n) is 14.1. The monoisotopic (exact) mass is 373 g/mol. The fourth-order valence-electron chi connectivity index (χ4n) is 1.93. The van der Waals surface area contributed by atoms with Gasteiger partial charge < -0.3 is 14.6 Å². The number of nitrogens with one attached hydrogen (secondary N) is 1. The predicted molar refractivity (Wildman–Crippen MR) is 85.7 cm³/mol. The van der Waals surface area contributed by atoms with Gasteiger partial charge in [-0.1, -0.05) is 13.8 Å². The Morgan fingerprint density at radius 2 is 1.44 bits per heavy atom. The van der Waals surface area contributed by atoms with Gasteiger partial charge in [-0.25, -0.2) is 18.0 Å². The number of carbonyl (C=O) groups excluding carboxylic acids is 2. The summed E-state index contributed by atoms with van der Waals surface area (Å²) in [6.45, 7) is 3.07. The second-order valence-corrected chi connectivity index (χ2v) is 7.12. The Morgan fingerprint density at radius 3 is 1.76 bits per heavy atom. The SMILES string of the molecule is COC(=O)c1cc(C(=O)OC)cc(S(=O)(=O)N[C@H](C(=O)O)C(C)C)c1. The van der Waals surface area contributed by atoms with Crippen molar-refractivity contribution in [2.24, 2.45) is 5.92 Å². The van der Waals surface area contributed by atoms with Crippen molar-refractivity contribution in [1.82, 2.24) is 4.72 Å². The largest absolute Gasteiger partial charge is 0.480 e. The molecule has 0 fully saturated rings. The Balaban J connectivity index is 3.45. The number of rotatable bonds is 7. The summed E-state index contributed by atoms with van der Waals surface area (Å²) in [7, 11) is -2.13. The molecule has 1 rings (SSSR count). The summed E-state index contributed by atoms with van der Waals surface area (Å²) in [6.07, 6.45) is 0. The molecule has 25 heavy (non-hydrogen) atoms. The van der Waals surface area contributed by atoms with Crippen LogP contribution in [-0.2, 0) is 24.3 Å². The first kappa shape index (κ1) is 20.6. The van der Waals surface area contributed by atoms with Crippen LogP contribution < -0.4 is 4.72 Å². The van der Waals surface area contributed by atoms with Gasteiger partial charge in [-0.15, -0.1) is 0 Å². The summed E-state index contributed by atoms with van der Waals surface area (Å²) in [5, 5.41) is 9.14. The normalized spacial score (nSPS) is 12.5. The molecular formula is C15H19NO8S. The molecule has 1 aromatic rings. The predicted octanol–water partition coefficient (Wildman–Crippen LogP) is 0.647. The van der Waals surface area contributed by atoms with Crippen molar-refractivity contribution in [2.45, 2.75) is 24.8 Å². The molecule has 138 valence electrons. The lowest BCUT2D eigenvalue weighted by molar-refractivity contribution is -0.140. The highest BCUT2D eigenvalue weighted by atomic mass is 32.2. The Bertz CT molecular complexity index is 750. The van der Waals surface area contributed by atoms with Crippen LogP contribution in [-0.4, -0.2) is 51.7 Å². The van der Waals surface area contributed by atoms with E-state index in [4.69, 9.17) is 5.11 Å². The van der Waals surface area contributed by atoms with Crippen LogP contribution in [0.15, 0.2) is 23.1 Å². The number of hydrogen-bond acceptors (Lipinski definition) is 7. The van der Waals surface area contributed by atoms with Crippen LogP contribution in [0.25, 0.3) is 0 Å². The second-order valence-electron chi connectivity index (χ2n) is 5.41. The van der Waals surface area contributed by atoms with Crippen LogP contribution in [0, 0.1) is 5.92 Å². The topological polar surface area (TPSA) is 136 Å². The van der Waals surface area contributed by atoms with Crippen molar-refractivity contribution < 1.29 is 37.4 Å². The fourth-order valence-corrected chi connectivity index (χ4v) is 3.34. The minimum absolute atomic E-state index is 0.192. The number of carboxylic acid groups (broad SMARTS) is 1. The molecule has 9 nitrogen and oxygen atoms in total. The first-order valence-corrected chi connectivity index (χ1v) is 8.58. The number of carbonyl (C=O) groups is 3. The molecule has 0 aliphatic carbocycles. The molecule has 0 aromatic heterocycles. The zero-order valence-corrected chi connectivity index (χ0v) is 14.9. The number of ether oxygens (including phenoxy) is 2. The average molecular weight is 373 g/mol. The highest BCUT2D eigenvalue weighted by Crippen LogP contribution is 2.18. The maximum atomic E-state index is 12.5. The molecule has 10 heteroatoms. The molecule has 0 saturated carbocycles. The van der Waals surface area contributed by atoms with E-state index in [1.54, 1.807) is 0 Å². The van der Waals surface area contributed by atoms with Gasteiger partial charge in [0.2, 0.25) is 10.0 Å². The van der Waals surface area contributed by atoms with E-state index in [2.05, 4.69) is 9.47 Å². The molecule has 0 heterocycles. The molecule has 2 N–H and O–H groups in total. The summed E-state index contributed by atoms with van der Waals surface area (Å²) in [5.41, 5.74) is -0.385. The van der Waals surface area contributed by atoms with E-state index in [0.717, 1.165) is 32.4 Å². The number of esters is 2. The molecule has 0 unspecified atom stereocenters. The second kappa shape index (κ2) is 8.08. The Kier molecular flexibility index (Phi) is 6.65. The van der Waals surface area contributed by atoms with E-state index in [9.17, 15) is 22.8 Å². The standard InChI is InChI=1S/C15H19NO8S/c1-8(2)12(13(17)18)16-25(21,22)11-6-9(14(19)23-3)5-10(7-11)15(20)24-4/h5-8,12,16H,1-4H3,(H,17,18)/t12-/m0/s1. The van der Waals surface area contributed by atoms with Gasteiger partial charge in [-0.05, 0) is 24.1 Å². The van der Waals surface area contributed by atoms with Crippen molar-refractivity contribution in [2.75, 3.05) is 14.2 Å². The van der Waals surface area contributed by atoms with Gasteiger partial charge in [-0.3, -0.25) is 4.79 Å². The minimum Gasteiger partial charge on any atom is -0.480 e. The van der Waals surface area contributed by atoms with Crippen LogP contribution in [0.1, 0.15) is 34.6 Å². The molecule has 0 amide bonds. The first-order chi connectivity index (χ1) is 11.5. The van der Waals surface area contributed by atoms with E-state index in [0.29, 0.717) is 0 Å². The quantitative estimate of drug-likeness (QED) is 0.665. The Labute approximate surface area is 145 Å². The number of aliphatic carboxylic acids is 1. The fraction of sp³-hybridized carbons (Fsp3) is 0.400. The number of sulfonamides is 1. The molecule has 1 aromatic carbocycles. The number of carboxylic acids is 1. The van der Waals surface area contributed by atoms with E-state index in [1.165, 1.54) is 13.8 Å². The lowest BCUT2D eigenvalue weighted by Gasteiger charge is -2.18. The Hall–Kier alpha value is -2.46. The van der Waals surface area contributed by atoms with Gasteiger partial charge in [0.25, 0.3) is 0 Å². The minimum atomic E-state index is -4.32. The number of benzene rings is 1. The molecule has 0 bridgehead atoms. The van der Waals surface area contributed by atoms with Crippen molar-refractivity contribution in [3.05, 3.63) is 29.3 Å². The maximum Gasteiger partial charge on any atom is 0.337 e. The van der Waals surface area contributed by atoms with Crippen LogP contribution in [0.5, 0.6) is 0 Å². The van der Waals surface area contributed by atoms with E-state index in [1.807, 2.05) is 4.72 Å². The molecular weight excluding hydrogens is 354 g/mol. The van der Waals surface area contributed by atoms with Gasteiger partial charge >= 0.3 is 17.9 Å². The molecule has 0 aliphatic rings. The van der Waals surface area contributed by atoms with Gasteiger partial charge in [0.15, 0.2) is 0 Å². The van der Waals surface area contributed by atoms with Crippen LogP contribution in [0.3, 0.4) is 0 Å². The third-order valence-electron chi connectivity index (χ3n) is 3.27. The van der Waals surface area contributed by atoms with Gasteiger partial charge in [0, 0.05) is 0 Å². The summed E-state index contributed by atoms with van der Waals surface area (Å²) in [6, 6.07) is 1.71. The highest BCUT2D eigenvalue weighted by Gasteiger charge is 2.29. The molecule has 0 saturated heterocycles. The van der Waals surface area contributed by atoms with E-state index >= 15 is 0 Å². The Morgan fingerprint density at radius 1 is 1.00 bits per heavy atom. The number of hydrogen-bond donors (Lipinski definition) is 2. The van der Waals surface area contributed by atoms with Gasteiger partial charge in [-0.2, -0.15) is 4.72 Å². The number of methoxy groups -OCH3 is 2. The molecule has 1 atom stereocenters. The van der Waals surface area contributed by atoms with Crippen molar-refractivity contribution in [3.8, 4) is 0 Å². The van der Waals surface area contributed by atoms with Crippen molar-refractivity contribution in [3.63, 3.8) is 0 Å². The highest BCUT2D eigenvalue weighted by molar-refractivity contribution is 7.89. The lowest BCUT2D eigenvalue weighted by Crippen LogP contribution is -2.44. The third-order valence-corrected chi connectivity index (χ3v) is 4.69. The molecule has 0 radical (unpaired) electrons. The van der Waals surface area contributed by atoms with Crippen LogP contribution >= 0.6 is 0 Å².